The van der Waals surface area contributed by atoms with Gasteiger partial charge >= 0.3 is 0 Å². The molecule has 0 saturated carbocycles. The maximum atomic E-state index is 11.8. The number of hydrogen-bond acceptors (Lipinski definition) is 3. The highest BCUT2D eigenvalue weighted by atomic mass is 35.5. The highest BCUT2D eigenvalue weighted by molar-refractivity contribution is 6.29. The Balaban J connectivity index is 2.17. The number of amides is 1. The summed E-state index contributed by atoms with van der Waals surface area (Å²) in [6, 6.07) is 8.81. The molecule has 1 amide bonds. The summed E-state index contributed by atoms with van der Waals surface area (Å²) < 4.78 is 0. The molecule has 2 rings (SSSR count). The van der Waals surface area contributed by atoms with Gasteiger partial charge in [-0.15, -0.1) is 0 Å². The average molecular weight is 248 g/mol. The molecule has 0 aliphatic heterocycles. The van der Waals surface area contributed by atoms with Gasteiger partial charge in [0, 0.05) is 11.8 Å². The Labute approximate surface area is 104 Å². The van der Waals surface area contributed by atoms with Crippen LogP contribution in [0, 0.1) is 6.92 Å². The van der Waals surface area contributed by atoms with Crippen molar-refractivity contribution < 1.29 is 4.79 Å². The van der Waals surface area contributed by atoms with Gasteiger partial charge in [0.15, 0.2) is 0 Å². The molecule has 0 aliphatic rings. The summed E-state index contributed by atoms with van der Waals surface area (Å²) in [5.41, 5.74) is 1.58. The van der Waals surface area contributed by atoms with Gasteiger partial charge < -0.3 is 0 Å². The van der Waals surface area contributed by atoms with Gasteiger partial charge in [0.1, 0.15) is 5.15 Å². The lowest BCUT2D eigenvalue weighted by Gasteiger charge is -2.04. The van der Waals surface area contributed by atoms with Gasteiger partial charge in [0.25, 0.3) is 5.91 Å². The van der Waals surface area contributed by atoms with Crippen molar-refractivity contribution in [3.63, 3.8) is 0 Å². The zero-order chi connectivity index (χ0) is 12.3. The SMILES string of the molecule is Cc1cccc(C(=O)Nc2nccc(Cl)n2)c1. The third kappa shape index (κ3) is 3.01. The fraction of sp³-hybridized carbons (Fsp3) is 0.0833. The first-order valence-corrected chi connectivity index (χ1v) is 5.39. The van der Waals surface area contributed by atoms with Crippen LogP contribution in [0.3, 0.4) is 0 Å². The highest BCUT2D eigenvalue weighted by Gasteiger charge is 2.07. The van der Waals surface area contributed by atoms with E-state index in [9.17, 15) is 4.79 Å². The topological polar surface area (TPSA) is 54.9 Å². The van der Waals surface area contributed by atoms with Crippen molar-refractivity contribution in [1.29, 1.82) is 0 Å². The van der Waals surface area contributed by atoms with Gasteiger partial charge in [-0.3, -0.25) is 10.1 Å². The molecule has 1 aromatic carbocycles. The summed E-state index contributed by atoms with van der Waals surface area (Å²) in [5, 5.41) is 2.87. The van der Waals surface area contributed by atoms with E-state index in [0.29, 0.717) is 10.7 Å². The number of halogens is 1. The Kier molecular flexibility index (Phi) is 3.35. The number of aromatic nitrogens is 2. The van der Waals surface area contributed by atoms with Crippen LogP contribution in [-0.4, -0.2) is 15.9 Å². The molecule has 4 nitrogen and oxygen atoms in total. The molecule has 2 aromatic rings. The number of hydrogen-bond donors (Lipinski definition) is 1. The van der Waals surface area contributed by atoms with E-state index in [-0.39, 0.29) is 11.9 Å². The minimum absolute atomic E-state index is 0.198. The highest BCUT2D eigenvalue weighted by Crippen LogP contribution is 2.09. The lowest BCUT2D eigenvalue weighted by Crippen LogP contribution is -2.14. The molecule has 0 aliphatic carbocycles. The average Bonchev–Trinajstić information content (AvgIpc) is 2.29. The Morgan fingerprint density at radius 1 is 1.35 bits per heavy atom. The van der Waals surface area contributed by atoms with Crippen LogP contribution in [0.2, 0.25) is 5.15 Å². The molecule has 0 atom stereocenters. The summed E-state index contributed by atoms with van der Waals surface area (Å²) in [6.45, 7) is 1.92. The van der Waals surface area contributed by atoms with Crippen LogP contribution >= 0.6 is 11.6 Å². The predicted octanol–water partition coefficient (Wildman–Crippen LogP) is 2.69. The molecule has 0 radical (unpaired) electrons. The minimum Gasteiger partial charge on any atom is -0.290 e. The Morgan fingerprint density at radius 3 is 2.88 bits per heavy atom. The zero-order valence-electron chi connectivity index (χ0n) is 9.14. The molecule has 0 unspecified atom stereocenters. The van der Waals surface area contributed by atoms with E-state index in [1.54, 1.807) is 18.2 Å². The first-order chi connectivity index (χ1) is 8.15. The molecular formula is C12H10ClN3O. The van der Waals surface area contributed by atoms with Crippen molar-refractivity contribution in [2.24, 2.45) is 0 Å². The van der Waals surface area contributed by atoms with Gasteiger partial charge in [0.2, 0.25) is 5.95 Å². The van der Waals surface area contributed by atoms with Gasteiger partial charge in [-0.2, -0.15) is 0 Å². The third-order valence-corrected chi connectivity index (χ3v) is 2.34. The Hall–Kier alpha value is -1.94. The van der Waals surface area contributed by atoms with Crippen LogP contribution in [0.15, 0.2) is 36.5 Å². The first kappa shape index (κ1) is 11.5. The second kappa shape index (κ2) is 4.93. The molecule has 17 heavy (non-hydrogen) atoms. The van der Waals surface area contributed by atoms with E-state index in [2.05, 4.69) is 15.3 Å². The summed E-state index contributed by atoms with van der Waals surface area (Å²) in [6.07, 6.45) is 1.49. The van der Waals surface area contributed by atoms with Gasteiger partial charge in [-0.25, -0.2) is 9.97 Å². The summed E-state index contributed by atoms with van der Waals surface area (Å²) in [5.74, 6) is -0.0556. The quantitative estimate of drug-likeness (QED) is 0.830. The third-order valence-electron chi connectivity index (χ3n) is 2.13. The molecule has 5 heteroatoms. The molecule has 0 fully saturated rings. The van der Waals surface area contributed by atoms with E-state index in [1.165, 1.54) is 6.20 Å². The van der Waals surface area contributed by atoms with Gasteiger partial charge in [-0.05, 0) is 25.1 Å². The second-order valence-electron chi connectivity index (χ2n) is 3.53. The molecule has 1 heterocycles. The van der Waals surface area contributed by atoms with Crippen molar-refractivity contribution in [2.75, 3.05) is 5.32 Å². The largest absolute Gasteiger partial charge is 0.290 e. The number of benzene rings is 1. The first-order valence-electron chi connectivity index (χ1n) is 5.02. The van der Waals surface area contributed by atoms with Crippen molar-refractivity contribution >= 4 is 23.5 Å². The summed E-state index contributed by atoms with van der Waals surface area (Å²) >= 11 is 5.70. The van der Waals surface area contributed by atoms with Crippen LogP contribution in [0.4, 0.5) is 5.95 Å². The molecular weight excluding hydrogens is 238 g/mol. The zero-order valence-corrected chi connectivity index (χ0v) is 9.90. The van der Waals surface area contributed by atoms with Crippen molar-refractivity contribution in [2.45, 2.75) is 6.92 Å². The number of rotatable bonds is 2. The van der Waals surface area contributed by atoms with Gasteiger partial charge in [-0.1, -0.05) is 29.3 Å². The van der Waals surface area contributed by atoms with E-state index >= 15 is 0 Å². The number of carbonyl (C=O) groups is 1. The molecule has 0 spiro atoms. The van der Waals surface area contributed by atoms with Crippen LogP contribution in [-0.2, 0) is 0 Å². The monoisotopic (exact) mass is 247 g/mol. The van der Waals surface area contributed by atoms with Crippen LogP contribution in [0.25, 0.3) is 0 Å². The summed E-state index contributed by atoms with van der Waals surface area (Å²) in [4.78, 5) is 19.6. The fourth-order valence-electron chi connectivity index (χ4n) is 1.36. The predicted molar refractivity (Wildman–Crippen MR) is 66.2 cm³/mol. The molecule has 1 aromatic heterocycles. The Bertz CT molecular complexity index is 557. The van der Waals surface area contributed by atoms with Crippen molar-refractivity contribution in [3.8, 4) is 0 Å². The molecule has 0 bridgehead atoms. The maximum absolute atomic E-state index is 11.8. The lowest BCUT2D eigenvalue weighted by molar-refractivity contribution is 0.102. The summed E-state index contributed by atoms with van der Waals surface area (Å²) in [7, 11) is 0. The van der Waals surface area contributed by atoms with E-state index < -0.39 is 0 Å². The minimum atomic E-state index is -0.254. The normalized spacial score (nSPS) is 10.0. The smallest absolute Gasteiger partial charge is 0.258 e. The molecule has 1 N–H and O–H groups in total. The standard InChI is InChI=1S/C12H10ClN3O/c1-8-3-2-4-9(7-8)11(17)16-12-14-6-5-10(13)15-12/h2-7H,1H3,(H,14,15,16,17). The van der Waals surface area contributed by atoms with E-state index in [4.69, 9.17) is 11.6 Å². The number of aryl methyl sites for hydroxylation is 1. The lowest BCUT2D eigenvalue weighted by atomic mass is 10.1. The molecule has 86 valence electrons. The van der Waals surface area contributed by atoms with Crippen LogP contribution < -0.4 is 5.32 Å². The molecule has 0 saturated heterocycles. The van der Waals surface area contributed by atoms with Crippen LogP contribution in [0.1, 0.15) is 15.9 Å². The fourth-order valence-corrected chi connectivity index (χ4v) is 1.49. The van der Waals surface area contributed by atoms with E-state index in [0.717, 1.165) is 5.56 Å². The Morgan fingerprint density at radius 2 is 2.18 bits per heavy atom. The maximum Gasteiger partial charge on any atom is 0.258 e. The van der Waals surface area contributed by atoms with Gasteiger partial charge in [0.05, 0.1) is 0 Å². The number of nitrogens with one attached hydrogen (secondary N) is 1. The van der Waals surface area contributed by atoms with Crippen molar-refractivity contribution in [3.05, 3.63) is 52.8 Å². The number of nitrogens with zero attached hydrogens (tertiary/aromatic N) is 2. The number of anilines is 1. The van der Waals surface area contributed by atoms with Crippen molar-refractivity contribution in [1.82, 2.24) is 9.97 Å². The van der Waals surface area contributed by atoms with E-state index in [1.807, 2.05) is 19.1 Å². The van der Waals surface area contributed by atoms with Crippen LogP contribution in [0.5, 0.6) is 0 Å². The second-order valence-corrected chi connectivity index (χ2v) is 3.91. The number of carbonyl (C=O) groups excluding carboxylic acids is 1.